The van der Waals surface area contributed by atoms with Crippen LogP contribution < -0.4 is 10.6 Å². The van der Waals surface area contributed by atoms with Crippen molar-refractivity contribution < 1.29 is 4.79 Å². The average Bonchev–Trinajstić information content (AvgIpc) is 3.24. The van der Waals surface area contributed by atoms with Gasteiger partial charge in [-0.3, -0.25) is 9.79 Å². The Morgan fingerprint density at radius 3 is 2.43 bits per heavy atom. The molecular weight excluding hydrogens is 403 g/mol. The van der Waals surface area contributed by atoms with Crippen LogP contribution in [-0.2, 0) is 4.79 Å². The van der Waals surface area contributed by atoms with Gasteiger partial charge in [0.05, 0.1) is 0 Å². The molecule has 0 spiro atoms. The van der Waals surface area contributed by atoms with E-state index in [0.29, 0.717) is 12.1 Å². The maximum atomic E-state index is 12.0. The van der Waals surface area contributed by atoms with Crippen LogP contribution in [0, 0.1) is 11.8 Å². The number of hydrogen-bond donors (Lipinski definition) is 2. The van der Waals surface area contributed by atoms with Gasteiger partial charge in [-0.25, -0.2) is 0 Å². The number of piperidine rings is 1. The van der Waals surface area contributed by atoms with Gasteiger partial charge < -0.3 is 15.5 Å². The zero-order valence-electron chi connectivity index (χ0n) is 15.0. The molecule has 0 aromatic carbocycles. The van der Waals surface area contributed by atoms with Crippen molar-refractivity contribution in [2.45, 2.75) is 65.0 Å². The Morgan fingerprint density at radius 1 is 1.26 bits per heavy atom. The highest BCUT2D eigenvalue weighted by Gasteiger charge is 2.37. The smallest absolute Gasteiger partial charge is 0.225 e. The van der Waals surface area contributed by atoms with E-state index in [1.165, 1.54) is 19.3 Å². The number of hydrogen-bond acceptors (Lipinski definition) is 2. The molecule has 2 unspecified atom stereocenters. The van der Waals surface area contributed by atoms with Crippen molar-refractivity contribution in [3.05, 3.63) is 0 Å². The van der Waals surface area contributed by atoms with Crippen LogP contribution in [0.2, 0.25) is 0 Å². The number of carbonyl (C=O) groups is 1. The van der Waals surface area contributed by atoms with E-state index in [-0.39, 0.29) is 35.8 Å². The fourth-order valence-electron chi connectivity index (χ4n) is 3.26. The fraction of sp³-hybridized carbons (Fsp3) is 0.882. The van der Waals surface area contributed by atoms with E-state index in [4.69, 9.17) is 0 Å². The minimum absolute atomic E-state index is 0. The van der Waals surface area contributed by atoms with Crippen LogP contribution in [0.5, 0.6) is 0 Å². The summed E-state index contributed by atoms with van der Waals surface area (Å²) < 4.78 is 0. The molecule has 5 nitrogen and oxygen atoms in total. The van der Waals surface area contributed by atoms with Crippen molar-refractivity contribution >= 4 is 35.8 Å². The number of amides is 1. The highest BCUT2D eigenvalue weighted by Crippen LogP contribution is 2.34. The van der Waals surface area contributed by atoms with E-state index in [1.807, 2.05) is 25.8 Å². The number of nitrogens with one attached hydrogen (secondary N) is 2. The van der Waals surface area contributed by atoms with Gasteiger partial charge in [0.2, 0.25) is 5.91 Å². The molecule has 2 fully saturated rings. The topological polar surface area (TPSA) is 56.7 Å². The van der Waals surface area contributed by atoms with Gasteiger partial charge in [0.15, 0.2) is 5.96 Å². The van der Waals surface area contributed by atoms with Gasteiger partial charge in [-0.15, -0.1) is 24.0 Å². The van der Waals surface area contributed by atoms with Gasteiger partial charge in [0.25, 0.3) is 0 Å². The minimum Gasteiger partial charge on any atom is -0.354 e. The number of rotatable bonds is 5. The first-order valence-corrected chi connectivity index (χ1v) is 8.83. The minimum atomic E-state index is 0. The molecule has 134 valence electrons. The summed E-state index contributed by atoms with van der Waals surface area (Å²) in [4.78, 5) is 18.4. The van der Waals surface area contributed by atoms with Crippen molar-refractivity contribution in [1.82, 2.24) is 15.5 Å². The van der Waals surface area contributed by atoms with E-state index < -0.39 is 0 Å². The highest BCUT2D eigenvalue weighted by molar-refractivity contribution is 14.0. The Morgan fingerprint density at radius 2 is 1.91 bits per heavy atom. The van der Waals surface area contributed by atoms with Gasteiger partial charge in [-0.1, -0.05) is 27.2 Å². The second-order valence-corrected chi connectivity index (χ2v) is 7.01. The molecule has 23 heavy (non-hydrogen) atoms. The molecule has 2 aliphatic rings. The quantitative estimate of drug-likeness (QED) is 0.396. The summed E-state index contributed by atoms with van der Waals surface area (Å²) in [5, 5.41) is 7.06. The molecule has 1 heterocycles. The van der Waals surface area contributed by atoms with E-state index >= 15 is 0 Å². The van der Waals surface area contributed by atoms with E-state index in [9.17, 15) is 4.79 Å². The van der Waals surface area contributed by atoms with Crippen LogP contribution in [-0.4, -0.2) is 49.0 Å². The molecule has 0 aromatic heterocycles. The van der Waals surface area contributed by atoms with Crippen molar-refractivity contribution in [3.63, 3.8) is 0 Å². The van der Waals surface area contributed by atoms with Crippen LogP contribution in [0.15, 0.2) is 4.99 Å². The van der Waals surface area contributed by atoms with Gasteiger partial charge in [0, 0.05) is 38.1 Å². The number of likely N-dealkylation sites (tertiary alicyclic amines) is 1. The van der Waals surface area contributed by atoms with Gasteiger partial charge in [-0.05, 0) is 31.6 Å². The lowest BCUT2D eigenvalue weighted by Crippen LogP contribution is -2.50. The number of halogens is 1. The second kappa shape index (κ2) is 9.69. The average molecular weight is 436 g/mol. The standard InChI is InChI=1S/C17H32N4O.HI/c1-5-6-13-11-15(13)20-17(18-4)19-14-7-9-21(10-8-14)16(22)12(2)3;/h12-15H,5-11H2,1-4H3,(H2,18,19,20);1H. The van der Waals surface area contributed by atoms with Gasteiger partial charge in [0.1, 0.15) is 0 Å². The molecule has 1 saturated heterocycles. The van der Waals surface area contributed by atoms with Crippen LogP contribution >= 0.6 is 24.0 Å². The second-order valence-electron chi connectivity index (χ2n) is 7.01. The molecule has 1 aliphatic heterocycles. The first-order valence-electron chi connectivity index (χ1n) is 8.83. The maximum Gasteiger partial charge on any atom is 0.225 e. The molecule has 2 atom stereocenters. The molecule has 6 heteroatoms. The third kappa shape index (κ3) is 6.12. The summed E-state index contributed by atoms with van der Waals surface area (Å²) in [5.74, 6) is 2.14. The predicted octanol–water partition coefficient (Wildman–Crippen LogP) is 2.61. The number of guanidine groups is 1. The van der Waals surface area contributed by atoms with Crippen molar-refractivity contribution in [2.24, 2.45) is 16.8 Å². The van der Waals surface area contributed by atoms with Gasteiger partial charge in [-0.2, -0.15) is 0 Å². The van der Waals surface area contributed by atoms with E-state index in [0.717, 1.165) is 37.8 Å². The fourth-order valence-corrected chi connectivity index (χ4v) is 3.26. The van der Waals surface area contributed by atoms with Crippen molar-refractivity contribution in [1.29, 1.82) is 0 Å². The molecule has 1 amide bonds. The lowest BCUT2D eigenvalue weighted by molar-refractivity contribution is -0.135. The third-order valence-corrected chi connectivity index (χ3v) is 4.77. The predicted molar refractivity (Wildman–Crippen MR) is 106 cm³/mol. The summed E-state index contributed by atoms with van der Waals surface area (Å²) >= 11 is 0. The largest absolute Gasteiger partial charge is 0.354 e. The third-order valence-electron chi connectivity index (χ3n) is 4.77. The van der Waals surface area contributed by atoms with Crippen molar-refractivity contribution in [3.8, 4) is 0 Å². The van der Waals surface area contributed by atoms with Crippen molar-refractivity contribution in [2.75, 3.05) is 20.1 Å². The summed E-state index contributed by atoms with van der Waals surface area (Å²) in [6.07, 6.45) is 5.85. The van der Waals surface area contributed by atoms with Crippen LogP contribution in [0.3, 0.4) is 0 Å². The molecule has 0 aromatic rings. The Balaban J connectivity index is 0.00000264. The zero-order valence-corrected chi connectivity index (χ0v) is 17.3. The Bertz CT molecular complexity index is 405. The molecule has 2 rings (SSSR count). The number of carbonyl (C=O) groups excluding carboxylic acids is 1. The molecule has 1 aliphatic carbocycles. The molecule has 1 saturated carbocycles. The Labute approximate surface area is 158 Å². The summed E-state index contributed by atoms with van der Waals surface area (Å²) in [5.41, 5.74) is 0. The summed E-state index contributed by atoms with van der Waals surface area (Å²) in [6.45, 7) is 7.90. The molecule has 2 N–H and O–H groups in total. The summed E-state index contributed by atoms with van der Waals surface area (Å²) in [6, 6.07) is 1.03. The molecule has 0 radical (unpaired) electrons. The zero-order chi connectivity index (χ0) is 16.1. The lowest BCUT2D eigenvalue weighted by atomic mass is 10.0. The first-order chi connectivity index (χ1) is 10.5. The van der Waals surface area contributed by atoms with Crippen LogP contribution in [0.1, 0.15) is 52.9 Å². The normalized spacial score (nSPS) is 25.1. The molecular formula is C17H33IN4O. The Kier molecular flexibility index (Phi) is 8.64. The highest BCUT2D eigenvalue weighted by atomic mass is 127. The van der Waals surface area contributed by atoms with Crippen LogP contribution in [0.4, 0.5) is 0 Å². The van der Waals surface area contributed by atoms with E-state index in [2.05, 4.69) is 22.5 Å². The Hall–Kier alpha value is -0.530. The number of aliphatic imine (C=N–C) groups is 1. The maximum absolute atomic E-state index is 12.0. The van der Waals surface area contributed by atoms with Gasteiger partial charge >= 0.3 is 0 Å². The monoisotopic (exact) mass is 436 g/mol. The summed E-state index contributed by atoms with van der Waals surface area (Å²) in [7, 11) is 1.84. The number of nitrogens with zero attached hydrogens (tertiary/aromatic N) is 2. The van der Waals surface area contributed by atoms with E-state index in [1.54, 1.807) is 0 Å². The first kappa shape index (κ1) is 20.5. The molecule has 0 bridgehead atoms. The van der Waals surface area contributed by atoms with Crippen LogP contribution in [0.25, 0.3) is 0 Å². The SMILES string of the molecule is CCCC1CC1NC(=NC)NC1CCN(C(=O)C(C)C)CC1.I. The lowest BCUT2D eigenvalue weighted by Gasteiger charge is -2.34.